The van der Waals surface area contributed by atoms with Crippen molar-refractivity contribution in [1.29, 1.82) is 0 Å². The van der Waals surface area contributed by atoms with Gasteiger partial charge in [0.15, 0.2) is 11.5 Å². The van der Waals surface area contributed by atoms with Crippen LogP contribution >= 0.6 is 0 Å². The lowest BCUT2D eigenvalue weighted by atomic mass is 10.1. The second-order valence-electron chi connectivity index (χ2n) is 7.34. The van der Waals surface area contributed by atoms with Crippen LogP contribution in [-0.2, 0) is 22.4 Å². The van der Waals surface area contributed by atoms with Crippen LogP contribution in [0.2, 0.25) is 0 Å². The van der Waals surface area contributed by atoms with E-state index in [2.05, 4.69) is 4.98 Å². The molecule has 0 unspecified atom stereocenters. The van der Waals surface area contributed by atoms with Gasteiger partial charge in [-0.2, -0.15) is 0 Å². The van der Waals surface area contributed by atoms with Gasteiger partial charge in [-0.3, -0.25) is 14.6 Å². The number of aryl methyl sites for hydroxylation is 1. The van der Waals surface area contributed by atoms with Gasteiger partial charge in [0.1, 0.15) is 0 Å². The molecule has 2 aliphatic heterocycles. The largest absolute Gasteiger partial charge is 0.454 e. The molecule has 1 aromatic heterocycles. The highest BCUT2D eigenvalue weighted by Gasteiger charge is 2.22. The third kappa shape index (κ3) is 4.85. The van der Waals surface area contributed by atoms with E-state index < -0.39 is 0 Å². The van der Waals surface area contributed by atoms with E-state index in [0.29, 0.717) is 45.4 Å². The molecule has 2 aromatic rings. The summed E-state index contributed by atoms with van der Waals surface area (Å²) in [5.41, 5.74) is 1.98. The first-order chi connectivity index (χ1) is 14.2. The fourth-order valence-electron chi connectivity index (χ4n) is 3.71. The Labute approximate surface area is 170 Å². The average molecular weight is 395 g/mol. The van der Waals surface area contributed by atoms with Crippen molar-refractivity contribution in [1.82, 2.24) is 14.8 Å². The molecule has 4 rings (SSSR count). The number of carbonyl (C=O) groups excluding carboxylic acids is 2. The van der Waals surface area contributed by atoms with Gasteiger partial charge < -0.3 is 19.3 Å². The Morgan fingerprint density at radius 1 is 0.931 bits per heavy atom. The van der Waals surface area contributed by atoms with Crippen molar-refractivity contribution >= 4 is 11.8 Å². The number of amides is 2. The predicted molar refractivity (Wildman–Crippen MR) is 107 cm³/mol. The molecular formula is C22H25N3O4. The Kier molecular flexibility index (Phi) is 5.93. The summed E-state index contributed by atoms with van der Waals surface area (Å²) in [6, 6.07) is 9.55. The van der Waals surface area contributed by atoms with Gasteiger partial charge >= 0.3 is 0 Å². The first-order valence-corrected chi connectivity index (χ1v) is 10.0. The third-order valence-electron chi connectivity index (χ3n) is 5.34. The molecule has 0 bridgehead atoms. The SMILES string of the molecule is O=C(CCc1ccc2c(c1)OCO2)N1CCCN(C(=O)Cc2cccnc2)CC1. The van der Waals surface area contributed by atoms with Crippen LogP contribution in [0.4, 0.5) is 0 Å². The van der Waals surface area contributed by atoms with E-state index in [4.69, 9.17) is 9.47 Å². The molecule has 0 aliphatic carbocycles. The standard InChI is InChI=1S/C22H25N3O4/c26-21(7-5-17-4-6-19-20(13-17)29-16-28-19)24-9-2-10-25(12-11-24)22(27)14-18-3-1-8-23-15-18/h1,3-4,6,8,13,15H,2,5,7,9-12,14,16H2. The van der Waals surface area contributed by atoms with E-state index in [1.54, 1.807) is 12.4 Å². The maximum absolute atomic E-state index is 12.7. The summed E-state index contributed by atoms with van der Waals surface area (Å²) >= 11 is 0. The first-order valence-electron chi connectivity index (χ1n) is 10.0. The molecule has 2 amide bonds. The topological polar surface area (TPSA) is 72.0 Å². The number of pyridine rings is 1. The number of ether oxygens (including phenoxy) is 2. The van der Waals surface area contributed by atoms with Crippen molar-refractivity contribution in [2.75, 3.05) is 33.0 Å². The third-order valence-corrected chi connectivity index (χ3v) is 5.34. The van der Waals surface area contributed by atoms with E-state index in [9.17, 15) is 9.59 Å². The number of fused-ring (bicyclic) bond motifs is 1. The van der Waals surface area contributed by atoms with Crippen LogP contribution in [-0.4, -0.2) is 59.6 Å². The van der Waals surface area contributed by atoms with Crippen molar-refractivity contribution in [3.63, 3.8) is 0 Å². The number of benzene rings is 1. The van der Waals surface area contributed by atoms with E-state index in [-0.39, 0.29) is 18.6 Å². The summed E-state index contributed by atoms with van der Waals surface area (Å²) in [7, 11) is 0. The molecule has 0 spiro atoms. The molecular weight excluding hydrogens is 370 g/mol. The number of rotatable bonds is 5. The predicted octanol–water partition coefficient (Wildman–Crippen LogP) is 2.05. The smallest absolute Gasteiger partial charge is 0.231 e. The fourth-order valence-corrected chi connectivity index (χ4v) is 3.71. The monoisotopic (exact) mass is 395 g/mol. The molecule has 7 heteroatoms. The van der Waals surface area contributed by atoms with E-state index in [0.717, 1.165) is 29.0 Å². The summed E-state index contributed by atoms with van der Waals surface area (Å²) in [6.45, 7) is 2.79. The van der Waals surface area contributed by atoms with Gasteiger partial charge in [0.2, 0.25) is 18.6 Å². The molecule has 1 saturated heterocycles. The molecule has 0 atom stereocenters. The van der Waals surface area contributed by atoms with E-state index >= 15 is 0 Å². The normalized spacial score (nSPS) is 15.9. The van der Waals surface area contributed by atoms with Gasteiger partial charge in [0.25, 0.3) is 0 Å². The van der Waals surface area contributed by atoms with E-state index in [1.165, 1.54) is 0 Å². The summed E-state index contributed by atoms with van der Waals surface area (Å²) in [6.07, 6.45) is 5.69. The zero-order valence-electron chi connectivity index (χ0n) is 16.4. The Balaban J connectivity index is 1.26. The van der Waals surface area contributed by atoms with Crippen molar-refractivity contribution < 1.29 is 19.1 Å². The molecule has 1 fully saturated rings. The van der Waals surface area contributed by atoms with Gasteiger partial charge in [-0.25, -0.2) is 0 Å². The average Bonchev–Trinajstić information content (AvgIpc) is 3.06. The molecule has 1 aromatic carbocycles. The van der Waals surface area contributed by atoms with Crippen molar-refractivity contribution in [2.24, 2.45) is 0 Å². The minimum absolute atomic E-state index is 0.0904. The molecule has 152 valence electrons. The number of aromatic nitrogens is 1. The number of nitrogens with zero attached hydrogens (tertiary/aromatic N) is 3. The lowest BCUT2D eigenvalue weighted by Crippen LogP contribution is -2.38. The van der Waals surface area contributed by atoms with Gasteiger partial charge in [-0.15, -0.1) is 0 Å². The van der Waals surface area contributed by atoms with Gasteiger partial charge in [0, 0.05) is 45.0 Å². The van der Waals surface area contributed by atoms with Crippen LogP contribution in [0, 0.1) is 0 Å². The molecule has 0 saturated carbocycles. The summed E-state index contributed by atoms with van der Waals surface area (Å²) in [5, 5.41) is 0. The van der Waals surface area contributed by atoms with Gasteiger partial charge in [0.05, 0.1) is 6.42 Å². The number of hydrogen-bond donors (Lipinski definition) is 0. The molecule has 0 N–H and O–H groups in total. The Bertz CT molecular complexity index is 872. The second kappa shape index (κ2) is 8.94. The highest BCUT2D eigenvalue weighted by molar-refractivity contribution is 5.79. The zero-order valence-corrected chi connectivity index (χ0v) is 16.4. The van der Waals surface area contributed by atoms with Crippen LogP contribution in [0.3, 0.4) is 0 Å². The van der Waals surface area contributed by atoms with Crippen molar-refractivity contribution in [2.45, 2.75) is 25.7 Å². The zero-order chi connectivity index (χ0) is 20.1. The molecule has 29 heavy (non-hydrogen) atoms. The molecule has 3 heterocycles. The molecule has 2 aliphatic rings. The number of carbonyl (C=O) groups is 2. The minimum atomic E-state index is 0.0904. The Morgan fingerprint density at radius 3 is 2.52 bits per heavy atom. The Hall–Kier alpha value is -3.09. The van der Waals surface area contributed by atoms with Crippen LogP contribution in [0.25, 0.3) is 0 Å². The lowest BCUT2D eigenvalue weighted by Gasteiger charge is -2.22. The first kappa shape index (κ1) is 19.2. The molecule has 0 radical (unpaired) electrons. The highest BCUT2D eigenvalue weighted by Crippen LogP contribution is 2.32. The van der Waals surface area contributed by atoms with Gasteiger partial charge in [-0.1, -0.05) is 12.1 Å². The van der Waals surface area contributed by atoms with Gasteiger partial charge in [-0.05, 0) is 42.2 Å². The quantitative estimate of drug-likeness (QED) is 0.775. The Morgan fingerprint density at radius 2 is 1.72 bits per heavy atom. The van der Waals surface area contributed by atoms with Crippen molar-refractivity contribution in [3.05, 3.63) is 53.9 Å². The molecule has 7 nitrogen and oxygen atoms in total. The number of hydrogen-bond acceptors (Lipinski definition) is 5. The van der Waals surface area contributed by atoms with Crippen LogP contribution in [0.5, 0.6) is 11.5 Å². The lowest BCUT2D eigenvalue weighted by molar-refractivity contribution is -0.133. The van der Waals surface area contributed by atoms with Crippen LogP contribution < -0.4 is 9.47 Å². The maximum Gasteiger partial charge on any atom is 0.231 e. The highest BCUT2D eigenvalue weighted by atomic mass is 16.7. The summed E-state index contributed by atoms with van der Waals surface area (Å²) in [5.74, 6) is 1.72. The second-order valence-corrected chi connectivity index (χ2v) is 7.34. The fraction of sp³-hybridized carbons (Fsp3) is 0.409. The maximum atomic E-state index is 12.7. The minimum Gasteiger partial charge on any atom is -0.454 e. The summed E-state index contributed by atoms with van der Waals surface area (Å²) in [4.78, 5) is 33.1. The van der Waals surface area contributed by atoms with Crippen molar-refractivity contribution in [3.8, 4) is 11.5 Å². The van der Waals surface area contributed by atoms with E-state index in [1.807, 2.05) is 40.1 Å². The van der Waals surface area contributed by atoms with Crippen LogP contribution in [0.1, 0.15) is 24.0 Å². The van der Waals surface area contributed by atoms with Crippen LogP contribution in [0.15, 0.2) is 42.7 Å². The summed E-state index contributed by atoms with van der Waals surface area (Å²) < 4.78 is 10.7.